The molecule has 0 aliphatic carbocycles. The van der Waals surface area contributed by atoms with Gasteiger partial charge in [-0.05, 0) is 32.3 Å². The Morgan fingerprint density at radius 1 is 1.32 bits per heavy atom. The Morgan fingerprint density at radius 3 is 2.58 bits per heavy atom. The standard InChI is InChI=1S/C14H21NO3S/c1-10(2)18-13-6-4-3-5-12(13)14(15)11-7-8-19(16,17)9-11/h3-6,10-11,14H,7-9,15H2,1-2H3. The van der Waals surface area contributed by atoms with Crippen molar-refractivity contribution in [1.82, 2.24) is 0 Å². The van der Waals surface area contributed by atoms with Crippen molar-refractivity contribution in [3.63, 3.8) is 0 Å². The van der Waals surface area contributed by atoms with Crippen LogP contribution in [0.1, 0.15) is 31.9 Å². The van der Waals surface area contributed by atoms with E-state index in [9.17, 15) is 8.42 Å². The highest BCUT2D eigenvalue weighted by atomic mass is 32.2. The molecule has 0 spiro atoms. The van der Waals surface area contributed by atoms with E-state index in [-0.39, 0.29) is 29.6 Å². The molecule has 0 radical (unpaired) electrons. The summed E-state index contributed by atoms with van der Waals surface area (Å²) < 4.78 is 28.9. The van der Waals surface area contributed by atoms with Crippen molar-refractivity contribution >= 4 is 9.84 Å². The quantitative estimate of drug-likeness (QED) is 0.916. The van der Waals surface area contributed by atoms with Crippen LogP contribution in [0.3, 0.4) is 0 Å². The van der Waals surface area contributed by atoms with E-state index in [1.807, 2.05) is 38.1 Å². The molecule has 1 aromatic carbocycles. The third-order valence-corrected chi connectivity index (χ3v) is 5.21. The second kappa shape index (κ2) is 5.51. The maximum Gasteiger partial charge on any atom is 0.150 e. The monoisotopic (exact) mass is 283 g/mol. The SMILES string of the molecule is CC(C)Oc1ccccc1C(N)C1CCS(=O)(=O)C1. The van der Waals surface area contributed by atoms with Crippen LogP contribution in [0.2, 0.25) is 0 Å². The van der Waals surface area contributed by atoms with Gasteiger partial charge in [0, 0.05) is 11.6 Å². The van der Waals surface area contributed by atoms with Crippen molar-refractivity contribution in [2.45, 2.75) is 32.4 Å². The summed E-state index contributed by atoms with van der Waals surface area (Å²) >= 11 is 0. The van der Waals surface area contributed by atoms with Gasteiger partial charge in [0.05, 0.1) is 17.6 Å². The van der Waals surface area contributed by atoms with E-state index >= 15 is 0 Å². The van der Waals surface area contributed by atoms with E-state index in [2.05, 4.69) is 0 Å². The van der Waals surface area contributed by atoms with Crippen molar-refractivity contribution in [2.75, 3.05) is 11.5 Å². The number of hydrogen-bond acceptors (Lipinski definition) is 4. The summed E-state index contributed by atoms with van der Waals surface area (Å²) in [5, 5.41) is 0. The van der Waals surface area contributed by atoms with Crippen LogP contribution in [0.25, 0.3) is 0 Å². The molecular weight excluding hydrogens is 262 g/mol. The van der Waals surface area contributed by atoms with Crippen molar-refractivity contribution in [3.8, 4) is 5.75 Å². The lowest BCUT2D eigenvalue weighted by Gasteiger charge is -2.22. The van der Waals surface area contributed by atoms with Crippen LogP contribution in [-0.2, 0) is 9.84 Å². The predicted octanol–water partition coefficient (Wildman–Crippen LogP) is 1.91. The van der Waals surface area contributed by atoms with E-state index in [0.29, 0.717) is 6.42 Å². The molecule has 4 nitrogen and oxygen atoms in total. The Hall–Kier alpha value is -1.07. The minimum Gasteiger partial charge on any atom is -0.491 e. The lowest BCUT2D eigenvalue weighted by atomic mass is 9.93. The van der Waals surface area contributed by atoms with Gasteiger partial charge in [-0.25, -0.2) is 8.42 Å². The molecule has 2 unspecified atom stereocenters. The maximum absolute atomic E-state index is 11.6. The number of nitrogens with two attached hydrogens (primary N) is 1. The number of benzene rings is 1. The molecule has 1 saturated heterocycles. The van der Waals surface area contributed by atoms with Crippen LogP contribution in [0.5, 0.6) is 5.75 Å². The zero-order valence-electron chi connectivity index (χ0n) is 11.4. The lowest BCUT2D eigenvalue weighted by Crippen LogP contribution is -2.23. The molecular formula is C14H21NO3S. The van der Waals surface area contributed by atoms with Crippen LogP contribution in [0.4, 0.5) is 0 Å². The smallest absolute Gasteiger partial charge is 0.150 e. The molecule has 1 heterocycles. The summed E-state index contributed by atoms with van der Waals surface area (Å²) in [5.41, 5.74) is 7.15. The first-order valence-electron chi connectivity index (χ1n) is 6.60. The van der Waals surface area contributed by atoms with Gasteiger partial charge in [0.2, 0.25) is 0 Å². The lowest BCUT2D eigenvalue weighted by molar-refractivity contribution is 0.237. The summed E-state index contributed by atoms with van der Waals surface area (Å²) in [6, 6.07) is 7.34. The Labute approximate surface area is 114 Å². The van der Waals surface area contributed by atoms with Crippen LogP contribution >= 0.6 is 0 Å². The average molecular weight is 283 g/mol. The molecule has 106 valence electrons. The third-order valence-electron chi connectivity index (χ3n) is 3.42. The van der Waals surface area contributed by atoms with Gasteiger partial charge < -0.3 is 10.5 Å². The number of para-hydroxylation sites is 1. The molecule has 1 aliphatic rings. The summed E-state index contributed by atoms with van der Waals surface area (Å²) in [6.45, 7) is 3.92. The predicted molar refractivity (Wildman–Crippen MR) is 75.9 cm³/mol. The van der Waals surface area contributed by atoms with Gasteiger partial charge in [0.15, 0.2) is 9.84 Å². The molecule has 2 atom stereocenters. The van der Waals surface area contributed by atoms with Gasteiger partial charge in [0.25, 0.3) is 0 Å². The Balaban J connectivity index is 2.22. The van der Waals surface area contributed by atoms with Crippen LogP contribution in [0, 0.1) is 5.92 Å². The third kappa shape index (κ3) is 3.48. The molecule has 5 heteroatoms. The fourth-order valence-electron chi connectivity index (χ4n) is 2.48. The summed E-state index contributed by atoms with van der Waals surface area (Å²) in [5.74, 6) is 1.18. The highest BCUT2D eigenvalue weighted by Crippen LogP contribution is 2.34. The largest absolute Gasteiger partial charge is 0.491 e. The van der Waals surface area contributed by atoms with Crippen LogP contribution in [0.15, 0.2) is 24.3 Å². The normalized spacial score (nSPS) is 23.5. The Kier molecular flexibility index (Phi) is 4.16. The van der Waals surface area contributed by atoms with Crippen LogP contribution in [-0.4, -0.2) is 26.0 Å². The molecule has 1 fully saturated rings. The van der Waals surface area contributed by atoms with Gasteiger partial charge in [0.1, 0.15) is 5.75 Å². The van der Waals surface area contributed by atoms with E-state index in [4.69, 9.17) is 10.5 Å². The highest BCUT2D eigenvalue weighted by molar-refractivity contribution is 7.91. The second-order valence-electron chi connectivity index (χ2n) is 5.39. The fourth-order valence-corrected chi connectivity index (χ4v) is 4.33. The fraction of sp³-hybridized carbons (Fsp3) is 0.571. The minimum atomic E-state index is -2.91. The Morgan fingerprint density at radius 2 is 2.00 bits per heavy atom. The molecule has 0 bridgehead atoms. The van der Waals surface area contributed by atoms with Crippen molar-refractivity contribution in [2.24, 2.45) is 11.7 Å². The molecule has 0 saturated carbocycles. The molecule has 0 aromatic heterocycles. The maximum atomic E-state index is 11.6. The molecule has 19 heavy (non-hydrogen) atoms. The topological polar surface area (TPSA) is 69.4 Å². The first-order valence-corrected chi connectivity index (χ1v) is 8.43. The molecule has 1 aliphatic heterocycles. The molecule has 0 amide bonds. The number of sulfone groups is 1. The zero-order chi connectivity index (χ0) is 14.0. The average Bonchev–Trinajstić information content (AvgIpc) is 2.69. The zero-order valence-corrected chi connectivity index (χ0v) is 12.2. The van der Waals surface area contributed by atoms with Gasteiger partial charge in [-0.2, -0.15) is 0 Å². The first-order chi connectivity index (χ1) is 8.89. The number of ether oxygens (including phenoxy) is 1. The number of hydrogen-bond donors (Lipinski definition) is 1. The molecule has 2 rings (SSSR count). The molecule has 2 N–H and O–H groups in total. The van der Waals surface area contributed by atoms with Crippen molar-refractivity contribution in [3.05, 3.63) is 29.8 Å². The van der Waals surface area contributed by atoms with Gasteiger partial charge >= 0.3 is 0 Å². The summed E-state index contributed by atoms with van der Waals surface area (Å²) in [4.78, 5) is 0. The summed E-state index contributed by atoms with van der Waals surface area (Å²) in [6.07, 6.45) is 0.708. The Bertz CT molecular complexity index is 539. The minimum absolute atomic E-state index is 0.0121. The van der Waals surface area contributed by atoms with E-state index in [1.165, 1.54) is 0 Å². The van der Waals surface area contributed by atoms with Gasteiger partial charge in [-0.1, -0.05) is 18.2 Å². The second-order valence-corrected chi connectivity index (χ2v) is 7.62. The first kappa shape index (κ1) is 14.3. The summed E-state index contributed by atoms with van der Waals surface area (Å²) in [7, 11) is -2.91. The highest BCUT2D eigenvalue weighted by Gasteiger charge is 2.33. The van der Waals surface area contributed by atoms with Crippen LogP contribution < -0.4 is 10.5 Å². The van der Waals surface area contributed by atoms with E-state index in [0.717, 1.165) is 11.3 Å². The van der Waals surface area contributed by atoms with Gasteiger partial charge in [-0.3, -0.25) is 0 Å². The van der Waals surface area contributed by atoms with Crippen molar-refractivity contribution < 1.29 is 13.2 Å². The van der Waals surface area contributed by atoms with Gasteiger partial charge in [-0.15, -0.1) is 0 Å². The van der Waals surface area contributed by atoms with Crippen molar-refractivity contribution in [1.29, 1.82) is 0 Å². The van der Waals surface area contributed by atoms with E-state index < -0.39 is 9.84 Å². The molecule has 1 aromatic rings. The van der Waals surface area contributed by atoms with E-state index in [1.54, 1.807) is 0 Å². The number of rotatable bonds is 4.